The molecule has 0 heterocycles. The summed E-state index contributed by atoms with van der Waals surface area (Å²) >= 11 is 0. The highest BCUT2D eigenvalue weighted by Gasteiger charge is 2.13. The Bertz CT molecular complexity index is 368. The van der Waals surface area contributed by atoms with Gasteiger partial charge in [0.15, 0.2) is 11.5 Å². The SMILES string of the molecule is CCOc1ccccc1OC(CNCC(C)C)COC. The van der Waals surface area contributed by atoms with Gasteiger partial charge in [0.2, 0.25) is 0 Å². The third-order valence-electron chi connectivity index (χ3n) is 2.72. The molecule has 0 aromatic heterocycles. The molecule has 1 N–H and O–H groups in total. The summed E-state index contributed by atoms with van der Waals surface area (Å²) in [5.74, 6) is 2.16. The van der Waals surface area contributed by atoms with E-state index in [9.17, 15) is 0 Å². The lowest BCUT2D eigenvalue weighted by Crippen LogP contribution is -2.36. The van der Waals surface area contributed by atoms with Gasteiger partial charge in [0, 0.05) is 13.7 Å². The first-order valence-corrected chi connectivity index (χ1v) is 7.25. The summed E-state index contributed by atoms with van der Waals surface area (Å²) in [5, 5.41) is 3.40. The molecule has 0 saturated carbocycles. The van der Waals surface area contributed by atoms with Crippen molar-refractivity contribution in [1.82, 2.24) is 5.32 Å². The highest BCUT2D eigenvalue weighted by Crippen LogP contribution is 2.27. The normalized spacial score (nSPS) is 12.4. The molecule has 0 fully saturated rings. The lowest BCUT2D eigenvalue weighted by Gasteiger charge is -2.21. The van der Waals surface area contributed by atoms with Crippen molar-refractivity contribution in [2.75, 3.05) is 33.4 Å². The molecule has 1 rings (SSSR count). The molecule has 0 aliphatic heterocycles. The van der Waals surface area contributed by atoms with Crippen LogP contribution in [0.5, 0.6) is 11.5 Å². The second-order valence-corrected chi connectivity index (χ2v) is 5.13. The van der Waals surface area contributed by atoms with Crippen molar-refractivity contribution in [3.63, 3.8) is 0 Å². The van der Waals surface area contributed by atoms with E-state index in [0.717, 1.165) is 24.6 Å². The van der Waals surface area contributed by atoms with Crippen LogP contribution in [0.15, 0.2) is 24.3 Å². The summed E-state index contributed by atoms with van der Waals surface area (Å²) in [5.41, 5.74) is 0. The largest absolute Gasteiger partial charge is 0.490 e. The van der Waals surface area contributed by atoms with E-state index in [4.69, 9.17) is 14.2 Å². The molecule has 4 nitrogen and oxygen atoms in total. The Morgan fingerprint density at radius 3 is 2.40 bits per heavy atom. The first kappa shape index (κ1) is 16.8. The van der Waals surface area contributed by atoms with E-state index in [-0.39, 0.29) is 6.10 Å². The van der Waals surface area contributed by atoms with Crippen molar-refractivity contribution < 1.29 is 14.2 Å². The van der Waals surface area contributed by atoms with E-state index < -0.39 is 0 Å². The Kier molecular flexibility index (Phi) is 8.07. The molecule has 0 spiro atoms. The molecule has 0 bridgehead atoms. The smallest absolute Gasteiger partial charge is 0.161 e. The van der Waals surface area contributed by atoms with Gasteiger partial charge in [-0.1, -0.05) is 26.0 Å². The molecule has 20 heavy (non-hydrogen) atoms. The number of ether oxygens (including phenoxy) is 3. The van der Waals surface area contributed by atoms with E-state index in [1.807, 2.05) is 31.2 Å². The zero-order valence-corrected chi connectivity index (χ0v) is 13.0. The quantitative estimate of drug-likeness (QED) is 0.716. The van der Waals surface area contributed by atoms with Gasteiger partial charge in [0.25, 0.3) is 0 Å². The topological polar surface area (TPSA) is 39.7 Å². The summed E-state index contributed by atoms with van der Waals surface area (Å²) in [6.07, 6.45) is -0.0274. The Morgan fingerprint density at radius 1 is 1.10 bits per heavy atom. The van der Waals surface area contributed by atoms with E-state index in [1.165, 1.54) is 0 Å². The molecular weight excluding hydrogens is 254 g/mol. The summed E-state index contributed by atoms with van der Waals surface area (Å²) < 4.78 is 16.8. The molecule has 1 atom stereocenters. The third kappa shape index (κ3) is 6.26. The molecule has 0 aliphatic carbocycles. The highest BCUT2D eigenvalue weighted by atomic mass is 16.5. The van der Waals surface area contributed by atoms with Crippen LogP contribution in [0.25, 0.3) is 0 Å². The van der Waals surface area contributed by atoms with Crippen LogP contribution in [-0.4, -0.2) is 39.5 Å². The molecule has 114 valence electrons. The van der Waals surface area contributed by atoms with Crippen LogP contribution in [0, 0.1) is 5.92 Å². The van der Waals surface area contributed by atoms with Crippen molar-refractivity contribution in [3.8, 4) is 11.5 Å². The van der Waals surface area contributed by atoms with Crippen LogP contribution in [-0.2, 0) is 4.74 Å². The van der Waals surface area contributed by atoms with Gasteiger partial charge in [-0.3, -0.25) is 0 Å². The standard InChI is InChI=1S/C16H27NO3/c1-5-19-15-8-6-7-9-16(15)20-14(12-18-4)11-17-10-13(2)3/h6-9,13-14,17H,5,10-12H2,1-4H3. The van der Waals surface area contributed by atoms with Crippen LogP contribution in [0.3, 0.4) is 0 Å². The molecule has 0 saturated heterocycles. The Hall–Kier alpha value is -1.26. The minimum absolute atomic E-state index is 0.0274. The molecule has 1 aromatic rings. The Labute approximate surface area is 122 Å². The summed E-state index contributed by atoms with van der Waals surface area (Å²) in [6.45, 7) is 9.23. The monoisotopic (exact) mass is 281 g/mol. The predicted molar refractivity (Wildman–Crippen MR) is 81.6 cm³/mol. The van der Waals surface area contributed by atoms with Crippen LogP contribution in [0.1, 0.15) is 20.8 Å². The summed E-state index contributed by atoms with van der Waals surface area (Å²) in [6, 6.07) is 7.74. The number of rotatable bonds is 10. The van der Waals surface area contributed by atoms with E-state index in [1.54, 1.807) is 7.11 Å². The average Bonchev–Trinajstić information content (AvgIpc) is 2.41. The lowest BCUT2D eigenvalue weighted by atomic mass is 10.2. The second-order valence-electron chi connectivity index (χ2n) is 5.13. The predicted octanol–water partition coefficient (Wildman–Crippen LogP) is 2.72. The zero-order chi connectivity index (χ0) is 14.8. The Balaban J connectivity index is 2.59. The third-order valence-corrected chi connectivity index (χ3v) is 2.72. The Morgan fingerprint density at radius 2 is 1.80 bits per heavy atom. The highest BCUT2D eigenvalue weighted by molar-refractivity contribution is 5.39. The summed E-state index contributed by atoms with van der Waals surface area (Å²) in [4.78, 5) is 0. The lowest BCUT2D eigenvalue weighted by molar-refractivity contribution is 0.0777. The molecule has 4 heteroatoms. The number of para-hydroxylation sites is 2. The van der Waals surface area contributed by atoms with Gasteiger partial charge in [-0.05, 0) is 31.5 Å². The minimum atomic E-state index is -0.0274. The molecule has 1 aromatic carbocycles. The van der Waals surface area contributed by atoms with Crippen molar-refractivity contribution in [2.24, 2.45) is 5.92 Å². The maximum atomic E-state index is 6.01. The molecule has 0 amide bonds. The zero-order valence-electron chi connectivity index (χ0n) is 13.0. The van der Waals surface area contributed by atoms with Crippen molar-refractivity contribution in [3.05, 3.63) is 24.3 Å². The van der Waals surface area contributed by atoms with Crippen LogP contribution in [0.2, 0.25) is 0 Å². The van der Waals surface area contributed by atoms with Gasteiger partial charge < -0.3 is 19.5 Å². The van der Waals surface area contributed by atoms with Crippen LogP contribution < -0.4 is 14.8 Å². The number of hydrogen-bond donors (Lipinski definition) is 1. The van der Waals surface area contributed by atoms with E-state index in [2.05, 4.69) is 19.2 Å². The summed E-state index contributed by atoms with van der Waals surface area (Å²) in [7, 11) is 1.69. The van der Waals surface area contributed by atoms with Gasteiger partial charge in [0.1, 0.15) is 6.10 Å². The molecular formula is C16H27NO3. The van der Waals surface area contributed by atoms with Gasteiger partial charge in [-0.15, -0.1) is 0 Å². The van der Waals surface area contributed by atoms with Gasteiger partial charge in [0.05, 0.1) is 13.2 Å². The number of benzene rings is 1. The maximum absolute atomic E-state index is 6.01. The van der Waals surface area contributed by atoms with Crippen molar-refractivity contribution in [2.45, 2.75) is 26.9 Å². The van der Waals surface area contributed by atoms with Crippen LogP contribution in [0.4, 0.5) is 0 Å². The fourth-order valence-electron chi connectivity index (χ4n) is 1.86. The van der Waals surface area contributed by atoms with Gasteiger partial charge in [-0.25, -0.2) is 0 Å². The van der Waals surface area contributed by atoms with Crippen molar-refractivity contribution in [1.29, 1.82) is 0 Å². The van der Waals surface area contributed by atoms with Crippen molar-refractivity contribution >= 4 is 0 Å². The average molecular weight is 281 g/mol. The minimum Gasteiger partial charge on any atom is -0.490 e. The van der Waals surface area contributed by atoms with E-state index >= 15 is 0 Å². The molecule has 0 radical (unpaired) electrons. The fourth-order valence-corrected chi connectivity index (χ4v) is 1.86. The van der Waals surface area contributed by atoms with Crippen LogP contribution >= 0.6 is 0 Å². The second kappa shape index (κ2) is 9.61. The number of methoxy groups -OCH3 is 1. The van der Waals surface area contributed by atoms with Gasteiger partial charge in [-0.2, -0.15) is 0 Å². The maximum Gasteiger partial charge on any atom is 0.161 e. The fraction of sp³-hybridized carbons (Fsp3) is 0.625. The first-order valence-electron chi connectivity index (χ1n) is 7.25. The first-order chi connectivity index (χ1) is 9.67. The number of nitrogens with one attached hydrogen (secondary N) is 1. The van der Waals surface area contributed by atoms with E-state index in [0.29, 0.717) is 19.1 Å². The van der Waals surface area contributed by atoms with Gasteiger partial charge >= 0.3 is 0 Å². The molecule has 1 unspecified atom stereocenters. The number of hydrogen-bond acceptors (Lipinski definition) is 4. The molecule has 0 aliphatic rings.